The second-order valence-corrected chi connectivity index (χ2v) is 11.1. The average molecular weight is 515 g/mol. The summed E-state index contributed by atoms with van der Waals surface area (Å²) in [5.74, 6) is 2.04. The molecule has 3 aromatic carbocycles. The molecule has 0 saturated carbocycles. The summed E-state index contributed by atoms with van der Waals surface area (Å²) < 4.78 is 0. The van der Waals surface area contributed by atoms with Gasteiger partial charge in [-0.1, -0.05) is 54.6 Å². The van der Waals surface area contributed by atoms with Gasteiger partial charge in [-0.25, -0.2) is 9.97 Å². The Kier molecular flexibility index (Phi) is 6.14. The largest absolute Gasteiger partial charge is 0.341 e. The van der Waals surface area contributed by atoms with Crippen molar-refractivity contribution >= 4 is 10.8 Å². The number of aromatic amines is 2. The Hall–Kier alpha value is -4.00. The van der Waals surface area contributed by atoms with Crippen LogP contribution in [-0.2, 0) is 0 Å². The van der Waals surface area contributed by atoms with Crippen LogP contribution >= 0.6 is 0 Å². The van der Waals surface area contributed by atoms with Crippen molar-refractivity contribution < 1.29 is 0 Å². The summed E-state index contributed by atoms with van der Waals surface area (Å²) in [4.78, 5) is 16.4. The summed E-state index contributed by atoms with van der Waals surface area (Å²) in [6.07, 6.45) is 10.4. The Morgan fingerprint density at radius 1 is 0.667 bits per heavy atom. The Morgan fingerprint density at radius 3 is 1.87 bits per heavy atom. The third-order valence-electron chi connectivity index (χ3n) is 8.37. The molecule has 5 aromatic rings. The fourth-order valence-corrected chi connectivity index (χ4v) is 6.07. The van der Waals surface area contributed by atoms with Crippen molar-refractivity contribution in [1.29, 1.82) is 0 Å². The molecule has 2 aliphatic heterocycles. The van der Waals surface area contributed by atoms with Gasteiger partial charge in [-0.05, 0) is 72.2 Å². The third kappa shape index (κ3) is 4.71. The number of rotatable bonds is 6. The van der Waals surface area contributed by atoms with Gasteiger partial charge in [-0.15, -0.1) is 6.58 Å². The molecule has 196 valence electrons. The summed E-state index contributed by atoms with van der Waals surface area (Å²) in [7, 11) is 0. The molecule has 4 N–H and O–H groups in total. The van der Waals surface area contributed by atoms with E-state index in [-0.39, 0.29) is 6.04 Å². The van der Waals surface area contributed by atoms with Crippen LogP contribution in [0.5, 0.6) is 0 Å². The molecule has 6 heteroatoms. The molecule has 2 saturated heterocycles. The van der Waals surface area contributed by atoms with Crippen molar-refractivity contribution in [3.63, 3.8) is 0 Å². The molecule has 4 unspecified atom stereocenters. The van der Waals surface area contributed by atoms with E-state index < -0.39 is 0 Å². The molecular weight excluding hydrogens is 480 g/mol. The molecule has 39 heavy (non-hydrogen) atoms. The molecule has 0 spiro atoms. The van der Waals surface area contributed by atoms with E-state index in [0.717, 1.165) is 53.4 Å². The quantitative estimate of drug-likeness (QED) is 0.183. The van der Waals surface area contributed by atoms with Crippen LogP contribution in [0.25, 0.3) is 44.4 Å². The second kappa shape index (κ2) is 9.95. The van der Waals surface area contributed by atoms with Crippen molar-refractivity contribution in [2.24, 2.45) is 0 Å². The van der Waals surface area contributed by atoms with Gasteiger partial charge in [0.2, 0.25) is 0 Å². The van der Waals surface area contributed by atoms with Crippen LogP contribution in [0.3, 0.4) is 0 Å². The SMILES string of the molecule is C=CC1CCC(c2ncc(-c3ccc4cc(-c5ccc(-c6cnc(C7CCC(C)N7)[nH]6)cc5)ccc4c3)[nH]2)N1. The maximum Gasteiger partial charge on any atom is 0.123 e. The Bertz CT molecular complexity index is 1630. The maximum absolute atomic E-state index is 4.67. The van der Waals surface area contributed by atoms with E-state index in [1.54, 1.807) is 0 Å². The van der Waals surface area contributed by atoms with Crippen LogP contribution in [0, 0.1) is 0 Å². The number of benzene rings is 3. The van der Waals surface area contributed by atoms with E-state index in [9.17, 15) is 0 Å². The topological polar surface area (TPSA) is 81.4 Å². The van der Waals surface area contributed by atoms with E-state index in [4.69, 9.17) is 0 Å². The number of fused-ring (bicyclic) bond motifs is 1. The number of hydrogen-bond donors (Lipinski definition) is 4. The van der Waals surface area contributed by atoms with Gasteiger partial charge in [0, 0.05) is 17.6 Å². The number of hydrogen-bond acceptors (Lipinski definition) is 4. The molecule has 2 aliphatic rings. The van der Waals surface area contributed by atoms with Crippen LogP contribution in [0.4, 0.5) is 0 Å². The Morgan fingerprint density at radius 2 is 1.23 bits per heavy atom. The summed E-state index contributed by atoms with van der Waals surface area (Å²) in [5, 5.41) is 9.63. The molecule has 2 fully saturated rings. The van der Waals surface area contributed by atoms with Gasteiger partial charge in [-0.2, -0.15) is 0 Å². The summed E-state index contributed by atoms with van der Waals surface area (Å²) in [6, 6.07) is 23.6. The predicted molar refractivity (Wildman–Crippen MR) is 158 cm³/mol. The lowest BCUT2D eigenvalue weighted by atomic mass is 9.98. The van der Waals surface area contributed by atoms with Crippen molar-refractivity contribution in [2.45, 2.75) is 56.8 Å². The molecule has 2 aromatic heterocycles. The van der Waals surface area contributed by atoms with Gasteiger partial charge in [0.25, 0.3) is 0 Å². The Balaban J connectivity index is 1.08. The smallest absolute Gasteiger partial charge is 0.123 e. The number of nitrogens with zero attached hydrogens (tertiary/aromatic N) is 2. The molecule has 0 aliphatic carbocycles. The highest BCUT2D eigenvalue weighted by molar-refractivity contribution is 5.90. The highest BCUT2D eigenvalue weighted by atomic mass is 15.1. The Labute approximate surface area is 229 Å². The summed E-state index contributed by atoms with van der Waals surface area (Å²) in [6.45, 7) is 6.14. The first-order valence-electron chi connectivity index (χ1n) is 14.0. The first kappa shape index (κ1) is 24.1. The van der Waals surface area contributed by atoms with Crippen molar-refractivity contribution in [2.75, 3.05) is 0 Å². The van der Waals surface area contributed by atoms with E-state index >= 15 is 0 Å². The first-order chi connectivity index (χ1) is 19.1. The van der Waals surface area contributed by atoms with Crippen LogP contribution < -0.4 is 10.6 Å². The molecule has 0 amide bonds. The zero-order valence-corrected chi connectivity index (χ0v) is 22.2. The molecule has 4 atom stereocenters. The molecule has 0 radical (unpaired) electrons. The molecule has 0 bridgehead atoms. The third-order valence-corrected chi connectivity index (χ3v) is 8.37. The molecular formula is C33H34N6. The first-order valence-corrected chi connectivity index (χ1v) is 14.0. The highest BCUT2D eigenvalue weighted by Gasteiger charge is 2.25. The van der Waals surface area contributed by atoms with Crippen LogP contribution in [0.15, 0.2) is 85.7 Å². The van der Waals surface area contributed by atoms with Crippen LogP contribution in [-0.4, -0.2) is 32.0 Å². The summed E-state index contributed by atoms with van der Waals surface area (Å²) in [5.41, 5.74) is 6.84. The second-order valence-electron chi connectivity index (χ2n) is 11.1. The standard InChI is InChI=1S/C33H34N6/c1-3-27-13-15-29(37-27)33-35-19-31(39-33)26-12-11-24-16-23(9-10-25(24)17-26)21-5-7-22(8-6-21)30-18-34-32(38-30)28-14-4-20(2)36-28/h3,5-12,16-20,27-29,36-37H,1,4,13-15H2,2H3,(H,34,38)(H,35,39). The zero-order valence-electron chi connectivity index (χ0n) is 22.2. The minimum absolute atomic E-state index is 0.264. The van der Waals surface area contributed by atoms with E-state index in [2.05, 4.69) is 105 Å². The normalized spacial score (nSPS) is 23.0. The van der Waals surface area contributed by atoms with Gasteiger partial charge in [0.05, 0.1) is 35.9 Å². The highest BCUT2D eigenvalue weighted by Crippen LogP contribution is 2.32. The lowest BCUT2D eigenvalue weighted by Crippen LogP contribution is -2.22. The lowest BCUT2D eigenvalue weighted by molar-refractivity contribution is 0.564. The number of aromatic nitrogens is 4. The predicted octanol–water partition coefficient (Wildman–Crippen LogP) is 7.08. The maximum atomic E-state index is 4.67. The number of imidazole rings is 2. The van der Waals surface area contributed by atoms with Gasteiger partial charge in [0.1, 0.15) is 11.6 Å². The zero-order chi connectivity index (χ0) is 26.3. The van der Waals surface area contributed by atoms with Crippen LogP contribution in [0.2, 0.25) is 0 Å². The summed E-state index contributed by atoms with van der Waals surface area (Å²) >= 11 is 0. The fraction of sp³-hybridized carbons (Fsp3) is 0.273. The van der Waals surface area contributed by atoms with E-state index in [1.165, 1.54) is 28.3 Å². The fourth-order valence-electron chi connectivity index (χ4n) is 6.07. The molecule has 7 rings (SSSR count). The average Bonchev–Trinajstić information content (AvgIpc) is 3.79. The van der Waals surface area contributed by atoms with Gasteiger partial charge >= 0.3 is 0 Å². The minimum atomic E-state index is 0.264. The number of nitrogens with one attached hydrogen (secondary N) is 4. The van der Waals surface area contributed by atoms with Crippen molar-refractivity contribution in [3.05, 3.63) is 97.4 Å². The van der Waals surface area contributed by atoms with Gasteiger partial charge < -0.3 is 20.6 Å². The van der Waals surface area contributed by atoms with Gasteiger partial charge in [-0.3, -0.25) is 0 Å². The monoisotopic (exact) mass is 514 g/mol. The molecule has 4 heterocycles. The van der Waals surface area contributed by atoms with Crippen molar-refractivity contribution in [1.82, 2.24) is 30.6 Å². The van der Waals surface area contributed by atoms with Crippen LogP contribution in [0.1, 0.15) is 56.3 Å². The van der Waals surface area contributed by atoms with Crippen molar-refractivity contribution in [3.8, 4) is 33.6 Å². The molecule has 6 nitrogen and oxygen atoms in total. The minimum Gasteiger partial charge on any atom is -0.341 e. The van der Waals surface area contributed by atoms with E-state index in [0.29, 0.717) is 18.1 Å². The van der Waals surface area contributed by atoms with Gasteiger partial charge in [0.15, 0.2) is 0 Å². The lowest BCUT2D eigenvalue weighted by Gasteiger charge is -2.09. The number of H-pyrrole nitrogens is 2. The van der Waals surface area contributed by atoms with E-state index in [1.807, 2.05) is 18.5 Å².